The van der Waals surface area contributed by atoms with Gasteiger partial charge in [0.1, 0.15) is 0 Å². The van der Waals surface area contributed by atoms with Crippen LogP contribution in [0.5, 0.6) is 0 Å². The third-order valence-corrected chi connectivity index (χ3v) is 5.08. The van der Waals surface area contributed by atoms with Gasteiger partial charge in [-0.1, -0.05) is 52.4 Å². The first-order valence-electron chi connectivity index (χ1n) is 9.30. The maximum atomic E-state index is 5.96. The number of likely N-dealkylation sites (tertiary alicyclic amines) is 1. The van der Waals surface area contributed by atoms with Crippen molar-refractivity contribution in [2.24, 2.45) is 11.8 Å². The largest absolute Gasteiger partial charge is 0.339 e. The molecule has 0 aliphatic carbocycles. The molecule has 0 aromatic rings. The molecule has 2 aliphatic heterocycles. The number of nitrogens with zero attached hydrogens (tertiary/aromatic N) is 1. The van der Waals surface area contributed by atoms with Gasteiger partial charge in [0, 0.05) is 19.0 Å². The monoisotopic (exact) mass is 297 g/mol. The molecule has 0 bridgehead atoms. The van der Waals surface area contributed by atoms with Crippen molar-refractivity contribution in [3.8, 4) is 0 Å². The van der Waals surface area contributed by atoms with Crippen LogP contribution in [0, 0.1) is 11.8 Å². The topological polar surface area (TPSA) is 21.7 Å². The van der Waals surface area contributed by atoms with E-state index >= 15 is 0 Å². The highest BCUT2D eigenvalue weighted by atomic mass is 16.7. The van der Waals surface area contributed by atoms with Crippen LogP contribution in [0.4, 0.5) is 0 Å². The van der Waals surface area contributed by atoms with Gasteiger partial charge in [0.25, 0.3) is 0 Å². The van der Waals surface area contributed by atoms with Gasteiger partial charge in [-0.2, -0.15) is 0 Å². The van der Waals surface area contributed by atoms with Crippen LogP contribution in [0.15, 0.2) is 0 Å². The molecule has 2 aliphatic rings. The van der Waals surface area contributed by atoms with E-state index in [1.54, 1.807) is 0 Å². The molecule has 2 saturated heterocycles. The van der Waals surface area contributed by atoms with E-state index in [4.69, 9.17) is 9.47 Å². The predicted molar refractivity (Wildman–Crippen MR) is 87.1 cm³/mol. The molecule has 2 heterocycles. The van der Waals surface area contributed by atoms with E-state index in [2.05, 4.69) is 18.7 Å². The second kappa shape index (κ2) is 9.81. The summed E-state index contributed by atoms with van der Waals surface area (Å²) >= 11 is 0. The first kappa shape index (κ1) is 17.2. The van der Waals surface area contributed by atoms with Crippen LogP contribution in [-0.2, 0) is 9.47 Å². The first-order chi connectivity index (χ1) is 10.3. The molecule has 0 atom stereocenters. The lowest BCUT2D eigenvalue weighted by molar-refractivity contribution is -0.272. The van der Waals surface area contributed by atoms with E-state index in [1.165, 1.54) is 57.8 Å². The lowest BCUT2D eigenvalue weighted by Crippen LogP contribution is -2.48. The Hall–Kier alpha value is -0.120. The Kier molecular flexibility index (Phi) is 8.05. The zero-order valence-electron chi connectivity index (χ0n) is 14.2. The molecule has 3 heteroatoms. The summed E-state index contributed by atoms with van der Waals surface area (Å²) < 4.78 is 11.9. The lowest BCUT2D eigenvalue weighted by atomic mass is 9.91. The van der Waals surface area contributed by atoms with Gasteiger partial charge in [-0.05, 0) is 25.2 Å². The van der Waals surface area contributed by atoms with Crippen LogP contribution in [0.3, 0.4) is 0 Å². The molecule has 0 radical (unpaired) electrons. The van der Waals surface area contributed by atoms with Crippen molar-refractivity contribution >= 4 is 0 Å². The predicted octanol–water partition coefficient (Wildman–Crippen LogP) is 4.42. The first-order valence-corrected chi connectivity index (χ1v) is 9.30. The fourth-order valence-electron chi connectivity index (χ4n) is 3.54. The normalized spacial score (nSPS) is 28.9. The summed E-state index contributed by atoms with van der Waals surface area (Å²) in [5, 5.41) is 0. The van der Waals surface area contributed by atoms with E-state index in [-0.39, 0.29) is 6.41 Å². The van der Waals surface area contributed by atoms with Crippen LogP contribution in [-0.4, -0.2) is 37.6 Å². The van der Waals surface area contributed by atoms with Crippen LogP contribution in [0.25, 0.3) is 0 Å². The zero-order valence-corrected chi connectivity index (χ0v) is 14.2. The molecule has 124 valence electrons. The summed E-state index contributed by atoms with van der Waals surface area (Å²) in [6.07, 6.45) is 12.0. The van der Waals surface area contributed by atoms with E-state index in [0.29, 0.717) is 5.92 Å². The van der Waals surface area contributed by atoms with Gasteiger partial charge < -0.3 is 9.47 Å². The summed E-state index contributed by atoms with van der Waals surface area (Å²) in [7, 11) is 0. The lowest BCUT2D eigenvalue weighted by Gasteiger charge is -2.40. The van der Waals surface area contributed by atoms with Gasteiger partial charge in [0.15, 0.2) is 0 Å². The number of unbranched alkanes of at least 4 members (excludes halogenated alkanes) is 3. The molecule has 0 aromatic carbocycles. The molecule has 2 fully saturated rings. The second-order valence-electron chi connectivity index (χ2n) is 6.96. The third-order valence-electron chi connectivity index (χ3n) is 5.08. The fraction of sp³-hybridized carbons (Fsp3) is 1.00. The maximum absolute atomic E-state index is 5.96. The molecule has 3 nitrogen and oxygen atoms in total. The smallest absolute Gasteiger partial charge is 0.218 e. The minimum absolute atomic E-state index is 0.0560. The number of ether oxygens (including phenoxy) is 2. The molecule has 0 saturated carbocycles. The summed E-state index contributed by atoms with van der Waals surface area (Å²) in [5.74, 6) is 1.56. The second-order valence-corrected chi connectivity index (χ2v) is 6.96. The Bertz CT molecular complexity index is 256. The number of hydrogen-bond acceptors (Lipinski definition) is 3. The van der Waals surface area contributed by atoms with E-state index in [0.717, 1.165) is 32.2 Å². The molecule has 21 heavy (non-hydrogen) atoms. The summed E-state index contributed by atoms with van der Waals surface area (Å²) in [5.41, 5.74) is 0. The number of rotatable bonds is 8. The van der Waals surface area contributed by atoms with E-state index in [1.807, 2.05) is 0 Å². The average Bonchev–Trinajstić information content (AvgIpc) is 2.54. The molecular formula is C18H35NO2. The van der Waals surface area contributed by atoms with Crippen molar-refractivity contribution in [3.63, 3.8) is 0 Å². The SMILES string of the molecule is CCCCCC1CCN(C2OCC(CCCC)CO2)CC1. The van der Waals surface area contributed by atoms with Gasteiger partial charge >= 0.3 is 0 Å². The molecule has 0 aromatic heterocycles. The van der Waals surface area contributed by atoms with Crippen LogP contribution in [0.1, 0.15) is 71.6 Å². The van der Waals surface area contributed by atoms with Gasteiger partial charge in [-0.25, -0.2) is 0 Å². The van der Waals surface area contributed by atoms with Gasteiger partial charge in [-0.15, -0.1) is 0 Å². The fourth-order valence-corrected chi connectivity index (χ4v) is 3.54. The highest BCUT2D eigenvalue weighted by Crippen LogP contribution is 2.26. The van der Waals surface area contributed by atoms with Crippen molar-refractivity contribution in [1.82, 2.24) is 4.90 Å². The average molecular weight is 297 g/mol. The summed E-state index contributed by atoms with van der Waals surface area (Å²) in [4.78, 5) is 2.41. The van der Waals surface area contributed by atoms with Crippen LogP contribution >= 0.6 is 0 Å². The molecule has 0 unspecified atom stereocenters. The Labute approximate surface area is 131 Å². The molecule has 0 spiro atoms. The Morgan fingerprint density at radius 3 is 2.05 bits per heavy atom. The van der Waals surface area contributed by atoms with Crippen molar-refractivity contribution in [1.29, 1.82) is 0 Å². The Balaban J connectivity index is 1.60. The minimum atomic E-state index is -0.0560. The van der Waals surface area contributed by atoms with Crippen LogP contribution in [0.2, 0.25) is 0 Å². The summed E-state index contributed by atoms with van der Waals surface area (Å²) in [6.45, 7) is 8.62. The zero-order chi connectivity index (χ0) is 14.9. The minimum Gasteiger partial charge on any atom is -0.339 e. The van der Waals surface area contributed by atoms with Crippen molar-refractivity contribution in [2.75, 3.05) is 26.3 Å². The Morgan fingerprint density at radius 2 is 1.43 bits per heavy atom. The molecule has 0 N–H and O–H groups in total. The van der Waals surface area contributed by atoms with Crippen LogP contribution < -0.4 is 0 Å². The van der Waals surface area contributed by atoms with Gasteiger partial charge in [0.2, 0.25) is 6.41 Å². The van der Waals surface area contributed by atoms with E-state index in [9.17, 15) is 0 Å². The Morgan fingerprint density at radius 1 is 0.810 bits per heavy atom. The maximum Gasteiger partial charge on any atom is 0.218 e. The van der Waals surface area contributed by atoms with Crippen molar-refractivity contribution in [3.05, 3.63) is 0 Å². The quantitative estimate of drug-likeness (QED) is 0.619. The number of piperidine rings is 1. The standard InChI is InChI=1S/C18H35NO2/c1-3-5-7-9-16-10-12-19(13-11-16)18-20-14-17(15-21-18)8-6-4-2/h16-18H,3-15H2,1-2H3. The summed E-state index contributed by atoms with van der Waals surface area (Å²) in [6, 6.07) is 0. The molecule has 2 rings (SSSR count). The number of hydrogen-bond donors (Lipinski definition) is 0. The third kappa shape index (κ3) is 5.88. The van der Waals surface area contributed by atoms with Crippen molar-refractivity contribution in [2.45, 2.75) is 78.0 Å². The highest BCUT2D eigenvalue weighted by molar-refractivity contribution is 4.74. The van der Waals surface area contributed by atoms with Crippen molar-refractivity contribution < 1.29 is 9.47 Å². The van der Waals surface area contributed by atoms with Gasteiger partial charge in [-0.3, -0.25) is 4.90 Å². The van der Waals surface area contributed by atoms with E-state index < -0.39 is 0 Å². The molecular weight excluding hydrogens is 262 g/mol. The highest BCUT2D eigenvalue weighted by Gasteiger charge is 2.29. The molecule has 0 amide bonds. The van der Waals surface area contributed by atoms with Gasteiger partial charge in [0.05, 0.1) is 13.2 Å².